The Morgan fingerprint density at radius 3 is 2.57 bits per heavy atom. The van der Waals surface area contributed by atoms with Crippen molar-refractivity contribution in [3.8, 4) is 0 Å². The van der Waals surface area contributed by atoms with Crippen molar-refractivity contribution >= 4 is 34.6 Å². The van der Waals surface area contributed by atoms with Crippen LogP contribution in [0.25, 0.3) is 10.8 Å². The molecule has 1 heterocycles. The molecule has 0 aliphatic rings. The Morgan fingerprint density at radius 2 is 1.83 bits per heavy atom. The van der Waals surface area contributed by atoms with Gasteiger partial charge >= 0.3 is 0 Å². The summed E-state index contributed by atoms with van der Waals surface area (Å²) < 4.78 is 0. The van der Waals surface area contributed by atoms with Gasteiger partial charge in [0.15, 0.2) is 5.69 Å². The van der Waals surface area contributed by atoms with Crippen LogP contribution in [0.15, 0.2) is 72.2 Å². The molecule has 0 bridgehead atoms. The van der Waals surface area contributed by atoms with E-state index in [0.29, 0.717) is 30.9 Å². The molecule has 0 spiro atoms. The Bertz CT molecular complexity index is 1240. The number of hydrogen-bond acceptors (Lipinski definition) is 8. The fraction of sp³-hybridized carbons (Fsp3) is 0.167. The Kier molecular flexibility index (Phi) is 8.57. The van der Waals surface area contributed by atoms with Gasteiger partial charge in [-0.15, -0.1) is 0 Å². The van der Waals surface area contributed by atoms with E-state index in [9.17, 15) is 9.59 Å². The van der Waals surface area contributed by atoms with Crippen LogP contribution in [-0.4, -0.2) is 53.3 Å². The van der Waals surface area contributed by atoms with Gasteiger partial charge < -0.3 is 27.1 Å². The summed E-state index contributed by atoms with van der Waals surface area (Å²) in [5.74, 6) is 5.17. The summed E-state index contributed by atoms with van der Waals surface area (Å²) in [4.78, 5) is 30.1. The maximum absolute atomic E-state index is 13.2. The second-order valence-corrected chi connectivity index (χ2v) is 7.59. The molecular weight excluding hydrogens is 446 g/mol. The van der Waals surface area contributed by atoms with E-state index >= 15 is 0 Å². The van der Waals surface area contributed by atoms with Crippen molar-refractivity contribution in [2.75, 3.05) is 25.5 Å². The maximum atomic E-state index is 13.2. The Hall–Kier alpha value is -4.64. The normalized spacial score (nSPS) is 11.1. The second kappa shape index (κ2) is 12.0. The molecule has 11 nitrogen and oxygen atoms in total. The van der Waals surface area contributed by atoms with Gasteiger partial charge in [-0.1, -0.05) is 30.3 Å². The van der Waals surface area contributed by atoms with Gasteiger partial charge in [0.05, 0.1) is 18.8 Å². The van der Waals surface area contributed by atoms with Crippen molar-refractivity contribution in [3.63, 3.8) is 0 Å². The molecule has 0 saturated carbocycles. The Labute approximate surface area is 203 Å². The molecular formula is C24H29N9O2. The summed E-state index contributed by atoms with van der Waals surface area (Å²) in [5, 5.41) is 14.2. The van der Waals surface area contributed by atoms with E-state index in [-0.39, 0.29) is 11.6 Å². The van der Waals surface area contributed by atoms with Gasteiger partial charge in [0.1, 0.15) is 6.34 Å². The smallest absolute Gasteiger partial charge is 0.272 e. The van der Waals surface area contributed by atoms with Crippen LogP contribution in [0.3, 0.4) is 0 Å². The molecule has 11 heteroatoms. The van der Waals surface area contributed by atoms with E-state index in [1.54, 1.807) is 36.5 Å². The molecule has 0 aliphatic heterocycles. The standard InChI is InChI=1S/C24H29N9O2/c1-32(30-16-26)14-12-29-24(35)22-21(7-4-11-28-22)31-23(34)20-9-8-17(15-33(27)13-10-25)18-5-2-3-6-19(18)20/h2-11,13,16H,12,14-15,25,27H2,1H3,(H2,26,30)(H,29,35)(H,31,34)/b13-10-. The lowest BCUT2D eigenvalue weighted by molar-refractivity contribution is 0.0946. The number of likely N-dealkylation sites (N-methyl/N-ethyl adjacent to an activating group) is 1. The number of amides is 2. The summed E-state index contributed by atoms with van der Waals surface area (Å²) in [6.45, 7) is 1.18. The number of rotatable bonds is 10. The first-order valence-electron chi connectivity index (χ1n) is 10.8. The zero-order valence-electron chi connectivity index (χ0n) is 19.4. The third-order valence-electron chi connectivity index (χ3n) is 5.15. The SMILES string of the molecule is CN(CCNC(=O)c1ncccc1NC(=O)c1ccc(CN(N)/C=C\N)c2ccccc12)/N=C\N. The molecule has 1 aromatic heterocycles. The minimum atomic E-state index is -0.415. The van der Waals surface area contributed by atoms with Crippen LogP contribution >= 0.6 is 0 Å². The molecule has 0 fully saturated rings. The highest BCUT2D eigenvalue weighted by Crippen LogP contribution is 2.25. The van der Waals surface area contributed by atoms with Crippen molar-refractivity contribution in [2.24, 2.45) is 22.4 Å². The third kappa shape index (κ3) is 6.45. The lowest BCUT2D eigenvalue weighted by Gasteiger charge is -2.17. The summed E-state index contributed by atoms with van der Waals surface area (Å²) >= 11 is 0. The van der Waals surface area contributed by atoms with Gasteiger partial charge in [0.25, 0.3) is 11.8 Å². The molecule has 8 N–H and O–H groups in total. The number of carbonyl (C=O) groups excluding carboxylic acids is 2. The minimum absolute atomic E-state index is 0.110. The van der Waals surface area contributed by atoms with Crippen molar-refractivity contribution in [3.05, 3.63) is 83.9 Å². The first-order valence-corrected chi connectivity index (χ1v) is 10.8. The van der Waals surface area contributed by atoms with Crippen molar-refractivity contribution in [1.82, 2.24) is 20.3 Å². The van der Waals surface area contributed by atoms with E-state index < -0.39 is 5.91 Å². The van der Waals surface area contributed by atoms with Crippen LogP contribution in [0.1, 0.15) is 26.4 Å². The van der Waals surface area contributed by atoms with E-state index in [1.807, 2.05) is 30.3 Å². The number of nitrogens with zero attached hydrogens (tertiary/aromatic N) is 4. The van der Waals surface area contributed by atoms with Crippen LogP contribution in [0, 0.1) is 0 Å². The number of carbonyl (C=O) groups is 2. The van der Waals surface area contributed by atoms with Gasteiger partial charge in [-0.2, -0.15) is 5.10 Å². The largest absolute Gasteiger partial charge is 0.403 e. The predicted molar refractivity (Wildman–Crippen MR) is 137 cm³/mol. The molecule has 0 radical (unpaired) electrons. The number of hydrazine groups is 1. The van der Waals surface area contributed by atoms with Gasteiger partial charge in [-0.25, -0.2) is 10.8 Å². The number of benzene rings is 2. The number of fused-ring (bicyclic) bond motifs is 1. The van der Waals surface area contributed by atoms with Crippen LogP contribution < -0.4 is 27.9 Å². The van der Waals surface area contributed by atoms with Gasteiger partial charge in [-0.3, -0.25) is 14.6 Å². The number of aromatic nitrogens is 1. The number of hydrazone groups is 1. The summed E-state index contributed by atoms with van der Waals surface area (Å²) in [7, 11) is 1.73. The van der Waals surface area contributed by atoms with Crippen LogP contribution in [-0.2, 0) is 6.54 Å². The minimum Gasteiger partial charge on any atom is -0.403 e. The van der Waals surface area contributed by atoms with E-state index in [2.05, 4.69) is 20.7 Å². The number of anilines is 1. The third-order valence-corrected chi connectivity index (χ3v) is 5.15. The van der Waals surface area contributed by atoms with E-state index in [0.717, 1.165) is 16.3 Å². The van der Waals surface area contributed by atoms with Gasteiger partial charge in [0.2, 0.25) is 0 Å². The molecule has 0 saturated heterocycles. The highest BCUT2D eigenvalue weighted by Gasteiger charge is 2.18. The molecule has 2 aromatic carbocycles. The molecule has 3 aromatic rings. The van der Waals surface area contributed by atoms with Crippen LogP contribution in [0.2, 0.25) is 0 Å². The van der Waals surface area contributed by atoms with E-state index in [4.69, 9.17) is 17.3 Å². The van der Waals surface area contributed by atoms with Crippen molar-refractivity contribution < 1.29 is 9.59 Å². The second-order valence-electron chi connectivity index (χ2n) is 7.59. The molecule has 0 unspecified atom stereocenters. The number of hydrogen-bond donors (Lipinski definition) is 5. The highest BCUT2D eigenvalue weighted by atomic mass is 16.2. The molecule has 3 rings (SSSR count). The zero-order valence-corrected chi connectivity index (χ0v) is 19.4. The molecule has 182 valence electrons. The predicted octanol–water partition coefficient (Wildman–Crippen LogP) is 1.16. The summed E-state index contributed by atoms with van der Waals surface area (Å²) in [5.41, 5.74) is 12.5. The first-order chi connectivity index (χ1) is 16.9. The maximum Gasteiger partial charge on any atom is 0.272 e. The van der Waals surface area contributed by atoms with Crippen molar-refractivity contribution in [1.29, 1.82) is 0 Å². The number of nitrogens with one attached hydrogen (secondary N) is 2. The molecule has 35 heavy (non-hydrogen) atoms. The lowest BCUT2D eigenvalue weighted by Crippen LogP contribution is -2.32. The topological polar surface area (TPSA) is 168 Å². The van der Waals surface area contributed by atoms with E-state index in [1.165, 1.54) is 23.7 Å². The monoisotopic (exact) mass is 475 g/mol. The van der Waals surface area contributed by atoms with Crippen molar-refractivity contribution in [2.45, 2.75) is 6.54 Å². The summed E-state index contributed by atoms with van der Waals surface area (Å²) in [6.07, 6.45) is 5.59. The zero-order chi connectivity index (χ0) is 25.2. The lowest BCUT2D eigenvalue weighted by atomic mass is 9.98. The van der Waals surface area contributed by atoms with Crippen LogP contribution in [0.5, 0.6) is 0 Å². The fourth-order valence-electron chi connectivity index (χ4n) is 3.52. The summed E-state index contributed by atoms with van der Waals surface area (Å²) in [6, 6.07) is 14.4. The average molecular weight is 476 g/mol. The highest BCUT2D eigenvalue weighted by molar-refractivity contribution is 6.15. The molecule has 0 atom stereocenters. The average Bonchev–Trinajstić information content (AvgIpc) is 2.84. The number of nitrogens with two attached hydrogens (primary N) is 3. The van der Waals surface area contributed by atoms with Gasteiger partial charge in [0, 0.05) is 37.8 Å². The number of pyridine rings is 1. The van der Waals surface area contributed by atoms with Crippen LogP contribution in [0.4, 0.5) is 5.69 Å². The molecule has 2 amide bonds. The first kappa shape index (κ1) is 25.0. The Balaban J connectivity index is 1.81. The fourth-order valence-corrected chi connectivity index (χ4v) is 3.52. The molecule has 0 aliphatic carbocycles. The Morgan fingerprint density at radius 1 is 1.06 bits per heavy atom. The quantitative estimate of drug-likeness (QED) is 0.126. The van der Waals surface area contributed by atoms with Gasteiger partial charge in [-0.05, 0) is 34.5 Å².